The number of aliphatic hydroxyl groups is 1. The van der Waals surface area contributed by atoms with Crippen molar-refractivity contribution in [3.8, 4) is 0 Å². The molecule has 0 bridgehead atoms. The van der Waals surface area contributed by atoms with E-state index in [1.54, 1.807) is 22.7 Å². The van der Waals surface area contributed by atoms with Crippen molar-refractivity contribution in [3.63, 3.8) is 0 Å². The number of thiocarbonyl (C=S) groups is 1. The third kappa shape index (κ3) is 7.24. The summed E-state index contributed by atoms with van der Waals surface area (Å²) in [5.41, 5.74) is 4.87. The summed E-state index contributed by atoms with van der Waals surface area (Å²) in [6.07, 6.45) is 4.45. The SMILES string of the molecule is O=C(CC(O)/C=C/CCSC(c1ccccc1)(c1ccccc1)c1ccccc1)N1C(=S)SCC1Cc1ccccc1. The van der Waals surface area contributed by atoms with Crippen LogP contribution in [0.25, 0.3) is 0 Å². The molecule has 5 rings (SSSR count). The average molecular weight is 610 g/mol. The molecule has 4 aromatic carbocycles. The van der Waals surface area contributed by atoms with Crippen LogP contribution in [0.5, 0.6) is 0 Å². The Balaban J connectivity index is 1.24. The second-order valence-electron chi connectivity index (χ2n) is 10.3. The van der Waals surface area contributed by atoms with Crippen molar-refractivity contribution in [1.82, 2.24) is 4.90 Å². The van der Waals surface area contributed by atoms with E-state index in [0.29, 0.717) is 4.32 Å². The number of nitrogens with zero attached hydrogens (tertiary/aromatic N) is 1. The summed E-state index contributed by atoms with van der Waals surface area (Å²) >= 11 is 8.94. The molecule has 1 aliphatic heterocycles. The zero-order valence-electron chi connectivity index (χ0n) is 23.4. The van der Waals surface area contributed by atoms with Gasteiger partial charge in [0.2, 0.25) is 5.91 Å². The third-order valence-electron chi connectivity index (χ3n) is 7.43. The molecule has 3 nitrogen and oxygen atoms in total. The van der Waals surface area contributed by atoms with E-state index in [-0.39, 0.29) is 23.1 Å². The standard InChI is InChI=1S/C36H35NO2S3/c38-33(26-34(39)37-32(27-41-35(37)40)25-28-15-5-1-6-16-28)23-13-14-24-42-36(29-17-7-2-8-18-29,30-19-9-3-10-20-30)31-21-11-4-12-22-31/h1-13,15-23,32-33,38H,14,24-27H2/b23-13+. The molecule has 0 aliphatic carbocycles. The van der Waals surface area contributed by atoms with E-state index in [1.165, 1.54) is 22.3 Å². The topological polar surface area (TPSA) is 40.5 Å². The fourth-order valence-corrected chi connectivity index (χ4v) is 8.36. The summed E-state index contributed by atoms with van der Waals surface area (Å²) in [7, 11) is 0. The van der Waals surface area contributed by atoms with E-state index in [2.05, 4.69) is 103 Å². The lowest BCUT2D eigenvalue weighted by atomic mass is 9.84. The molecule has 6 heteroatoms. The fourth-order valence-electron chi connectivity index (χ4n) is 5.45. The molecule has 0 aromatic heterocycles. The van der Waals surface area contributed by atoms with Crippen LogP contribution >= 0.6 is 35.7 Å². The van der Waals surface area contributed by atoms with Crippen LogP contribution < -0.4 is 0 Å². The quantitative estimate of drug-likeness (QED) is 0.0766. The Bertz CT molecular complexity index is 1370. The van der Waals surface area contributed by atoms with E-state index in [1.807, 2.05) is 36.0 Å². The largest absolute Gasteiger partial charge is 0.389 e. The molecule has 4 aromatic rings. The van der Waals surface area contributed by atoms with Gasteiger partial charge in [0, 0.05) is 5.75 Å². The van der Waals surface area contributed by atoms with Gasteiger partial charge in [-0.2, -0.15) is 0 Å². The number of hydrogen-bond acceptors (Lipinski definition) is 5. The number of rotatable bonds is 12. The summed E-state index contributed by atoms with van der Waals surface area (Å²) in [6, 6.07) is 42.1. The van der Waals surface area contributed by atoms with Crippen LogP contribution in [0.4, 0.5) is 0 Å². The van der Waals surface area contributed by atoms with Crippen LogP contribution in [-0.2, 0) is 16.0 Å². The molecular formula is C36H35NO2S3. The molecule has 2 unspecified atom stereocenters. The van der Waals surface area contributed by atoms with Gasteiger partial charge in [0.15, 0.2) is 0 Å². The lowest BCUT2D eigenvalue weighted by Crippen LogP contribution is -2.41. The fraction of sp³-hybridized carbons (Fsp3) is 0.222. The Hall–Kier alpha value is -3.16. The number of benzene rings is 4. The first-order valence-electron chi connectivity index (χ1n) is 14.3. The van der Waals surface area contributed by atoms with Crippen LogP contribution in [0.1, 0.15) is 35.1 Å². The van der Waals surface area contributed by atoms with E-state index in [0.717, 1.165) is 24.3 Å². The second kappa shape index (κ2) is 14.8. The van der Waals surface area contributed by atoms with E-state index in [4.69, 9.17) is 12.2 Å². The van der Waals surface area contributed by atoms with Gasteiger partial charge in [0.05, 0.1) is 23.3 Å². The number of carbonyl (C=O) groups excluding carboxylic acids is 1. The maximum Gasteiger partial charge on any atom is 0.231 e. The summed E-state index contributed by atoms with van der Waals surface area (Å²) in [4.78, 5) is 14.9. The van der Waals surface area contributed by atoms with Gasteiger partial charge in [-0.1, -0.05) is 157 Å². The lowest BCUT2D eigenvalue weighted by molar-refractivity contribution is -0.129. The highest BCUT2D eigenvalue weighted by atomic mass is 32.2. The van der Waals surface area contributed by atoms with Gasteiger partial charge in [0.25, 0.3) is 0 Å². The number of aliphatic hydroxyl groups excluding tert-OH is 1. The molecule has 1 fully saturated rings. The molecule has 1 N–H and O–H groups in total. The maximum absolute atomic E-state index is 13.2. The number of thioether (sulfide) groups is 2. The number of amides is 1. The van der Waals surface area contributed by atoms with Gasteiger partial charge in [-0.15, -0.1) is 11.8 Å². The molecule has 42 heavy (non-hydrogen) atoms. The van der Waals surface area contributed by atoms with Crippen molar-refractivity contribution < 1.29 is 9.90 Å². The van der Waals surface area contributed by atoms with Crippen molar-refractivity contribution in [2.45, 2.75) is 36.2 Å². The highest BCUT2D eigenvalue weighted by Gasteiger charge is 2.37. The Kier molecular flexibility index (Phi) is 10.7. The van der Waals surface area contributed by atoms with Gasteiger partial charge < -0.3 is 5.11 Å². The first kappa shape index (κ1) is 30.3. The Morgan fingerprint density at radius 3 is 1.90 bits per heavy atom. The minimum atomic E-state index is -0.851. The lowest BCUT2D eigenvalue weighted by Gasteiger charge is -2.35. The highest BCUT2D eigenvalue weighted by molar-refractivity contribution is 8.23. The number of hydrogen-bond donors (Lipinski definition) is 1. The van der Waals surface area contributed by atoms with Gasteiger partial charge in [-0.25, -0.2) is 0 Å². The molecule has 1 heterocycles. The first-order chi connectivity index (χ1) is 20.6. The van der Waals surface area contributed by atoms with Crippen molar-refractivity contribution in [2.24, 2.45) is 0 Å². The Morgan fingerprint density at radius 2 is 1.38 bits per heavy atom. The zero-order chi connectivity index (χ0) is 29.2. The monoisotopic (exact) mass is 609 g/mol. The summed E-state index contributed by atoms with van der Waals surface area (Å²) in [5.74, 6) is 1.50. The van der Waals surface area contributed by atoms with Crippen molar-refractivity contribution >= 4 is 46.0 Å². The van der Waals surface area contributed by atoms with Crippen LogP contribution in [-0.4, -0.2) is 43.9 Å². The normalized spacial score (nSPS) is 16.2. The summed E-state index contributed by atoms with van der Waals surface area (Å²) in [5, 5.41) is 10.7. The molecule has 0 radical (unpaired) electrons. The summed E-state index contributed by atoms with van der Waals surface area (Å²) in [6.45, 7) is 0. The van der Waals surface area contributed by atoms with E-state index >= 15 is 0 Å². The van der Waals surface area contributed by atoms with Gasteiger partial charge in [0.1, 0.15) is 4.32 Å². The predicted octanol–water partition coefficient (Wildman–Crippen LogP) is 7.88. The van der Waals surface area contributed by atoms with Crippen LogP contribution in [0.15, 0.2) is 133 Å². The van der Waals surface area contributed by atoms with E-state index in [9.17, 15) is 9.90 Å². The summed E-state index contributed by atoms with van der Waals surface area (Å²) < 4.78 is 0.232. The number of allylic oxidation sites excluding steroid dienone is 1. The molecule has 1 amide bonds. The Morgan fingerprint density at radius 1 is 0.881 bits per heavy atom. The maximum atomic E-state index is 13.2. The first-order valence-corrected chi connectivity index (χ1v) is 16.6. The van der Waals surface area contributed by atoms with Crippen molar-refractivity contribution in [1.29, 1.82) is 0 Å². The Labute approximate surface area is 263 Å². The van der Waals surface area contributed by atoms with Gasteiger partial charge >= 0.3 is 0 Å². The van der Waals surface area contributed by atoms with Crippen LogP contribution in [0, 0.1) is 0 Å². The van der Waals surface area contributed by atoms with Gasteiger partial charge in [-0.3, -0.25) is 9.69 Å². The van der Waals surface area contributed by atoms with Crippen LogP contribution in [0.3, 0.4) is 0 Å². The van der Waals surface area contributed by atoms with Crippen molar-refractivity contribution in [3.05, 3.63) is 156 Å². The molecule has 2 atom stereocenters. The molecule has 214 valence electrons. The smallest absolute Gasteiger partial charge is 0.231 e. The minimum Gasteiger partial charge on any atom is -0.389 e. The third-order valence-corrected chi connectivity index (χ3v) is 10.6. The van der Waals surface area contributed by atoms with Gasteiger partial charge in [-0.05, 0) is 40.8 Å². The molecule has 0 spiro atoms. The highest BCUT2D eigenvalue weighted by Crippen LogP contribution is 2.48. The second-order valence-corrected chi connectivity index (χ2v) is 13.3. The van der Waals surface area contributed by atoms with Crippen LogP contribution in [0.2, 0.25) is 0 Å². The number of carbonyl (C=O) groups is 1. The molecular weight excluding hydrogens is 575 g/mol. The predicted molar refractivity (Wildman–Crippen MR) is 182 cm³/mol. The minimum absolute atomic E-state index is 0.0204. The van der Waals surface area contributed by atoms with E-state index < -0.39 is 6.10 Å². The molecule has 0 saturated carbocycles. The average Bonchev–Trinajstić information content (AvgIpc) is 3.40. The molecule has 1 aliphatic rings. The van der Waals surface area contributed by atoms with Crippen molar-refractivity contribution in [2.75, 3.05) is 11.5 Å². The zero-order valence-corrected chi connectivity index (χ0v) is 25.9. The molecule has 1 saturated heterocycles.